The highest BCUT2D eigenvalue weighted by Crippen LogP contribution is 2.32. The van der Waals surface area contributed by atoms with Gasteiger partial charge >= 0.3 is 0 Å². The molecule has 2 rings (SSSR count). The van der Waals surface area contributed by atoms with E-state index in [4.69, 9.17) is 10.3 Å². The van der Waals surface area contributed by atoms with Gasteiger partial charge in [0.15, 0.2) is 0 Å². The maximum atomic E-state index is 5.58. The van der Waals surface area contributed by atoms with E-state index in [0.717, 1.165) is 16.0 Å². The van der Waals surface area contributed by atoms with Gasteiger partial charge in [0.05, 0.1) is 16.1 Å². The average Bonchev–Trinajstić information content (AvgIpc) is 2.86. The Bertz CT molecular complexity index is 433. The molecular weight excluding hydrogens is 288 g/mol. The predicted octanol–water partition coefficient (Wildman–Crippen LogP) is 3.16. The van der Waals surface area contributed by atoms with Crippen molar-refractivity contribution >= 4 is 27.3 Å². The van der Waals surface area contributed by atoms with Gasteiger partial charge in [-0.3, -0.25) is 11.3 Å². The molecule has 3 nitrogen and oxygen atoms in total. The van der Waals surface area contributed by atoms with Crippen LogP contribution in [0.25, 0.3) is 0 Å². The highest BCUT2D eigenvalue weighted by atomic mass is 79.9. The summed E-state index contributed by atoms with van der Waals surface area (Å²) in [4.78, 5) is 1.21. The lowest BCUT2D eigenvalue weighted by molar-refractivity contribution is 0.458. The second kappa shape index (κ2) is 5.14. The molecule has 0 amide bonds. The van der Waals surface area contributed by atoms with Gasteiger partial charge in [-0.2, -0.15) is 0 Å². The van der Waals surface area contributed by atoms with Gasteiger partial charge in [0.25, 0.3) is 0 Å². The maximum absolute atomic E-state index is 5.58. The summed E-state index contributed by atoms with van der Waals surface area (Å²) in [6, 6.07) is 6.08. The van der Waals surface area contributed by atoms with Crippen molar-refractivity contribution in [3.63, 3.8) is 0 Å². The van der Waals surface area contributed by atoms with Crippen LogP contribution in [0.1, 0.15) is 22.2 Å². The van der Waals surface area contributed by atoms with Crippen molar-refractivity contribution in [1.82, 2.24) is 5.43 Å². The van der Waals surface area contributed by atoms with Gasteiger partial charge in [-0.15, -0.1) is 11.3 Å². The Morgan fingerprint density at radius 1 is 1.62 bits per heavy atom. The Kier molecular flexibility index (Phi) is 3.81. The number of hydrogen-bond acceptors (Lipinski definition) is 4. The summed E-state index contributed by atoms with van der Waals surface area (Å²) in [6.07, 6.45) is 2.44. The minimum absolute atomic E-state index is 0.0983. The first kappa shape index (κ1) is 11.9. The highest BCUT2D eigenvalue weighted by Gasteiger charge is 2.15. The number of rotatable bonds is 4. The van der Waals surface area contributed by atoms with Crippen molar-refractivity contribution < 1.29 is 4.42 Å². The molecule has 0 aliphatic carbocycles. The predicted molar refractivity (Wildman–Crippen MR) is 69.2 cm³/mol. The molecule has 0 aromatic carbocycles. The minimum Gasteiger partial charge on any atom is -0.469 e. The van der Waals surface area contributed by atoms with Gasteiger partial charge in [0.1, 0.15) is 5.76 Å². The molecule has 0 spiro atoms. The lowest BCUT2D eigenvalue weighted by atomic mass is 10.1. The number of hydrazine groups is 1. The quantitative estimate of drug-likeness (QED) is 0.674. The summed E-state index contributed by atoms with van der Waals surface area (Å²) in [6.45, 7) is 2.07. The van der Waals surface area contributed by atoms with E-state index in [1.165, 1.54) is 10.4 Å². The van der Waals surface area contributed by atoms with Crippen molar-refractivity contribution in [3.8, 4) is 0 Å². The Morgan fingerprint density at radius 2 is 2.44 bits per heavy atom. The van der Waals surface area contributed by atoms with Crippen molar-refractivity contribution in [1.29, 1.82) is 0 Å². The molecule has 0 radical (unpaired) electrons. The molecule has 2 aromatic heterocycles. The van der Waals surface area contributed by atoms with Gasteiger partial charge in [-0.05, 0) is 46.6 Å². The van der Waals surface area contributed by atoms with Crippen molar-refractivity contribution in [2.24, 2.45) is 5.84 Å². The molecule has 0 aliphatic heterocycles. The van der Waals surface area contributed by atoms with E-state index in [1.54, 1.807) is 17.6 Å². The zero-order valence-electron chi connectivity index (χ0n) is 8.87. The zero-order chi connectivity index (χ0) is 11.5. The minimum atomic E-state index is 0.0983. The van der Waals surface area contributed by atoms with Gasteiger partial charge in [-0.1, -0.05) is 0 Å². The number of thiophene rings is 1. The number of halogens is 1. The molecule has 16 heavy (non-hydrogen) atoms. The van der Waals surface area contributed by atoms with E-state index in [0.29, 0.717) is 0 Å². The molecule has 0 saturated carbocycles. The number of nitrogens with one attached hydrogen (secondary N) is 1. The number of aryl methyl sites for hydroxylation is 1. The van der Waals surface area contributed by atoms with Crippen molar-refractivity contribution in [2.75, 3.05) is 0 Å². The summed E-state index contributed by atoms with van der Waals surface area (Å²) < 4.78 is 6.48. The van der Waals surface area contributed by atoms with Gasteiger partial charge in [-0.25, -0.2) is 0 Å². The molecule has 0 aliphatic rings. The van der Waals surface area contributed by atoms with Crippen LogP contribution in [0.5, 0.6) is 0 Å². The molecule has 0 fully saturated rings. The highest BCUT2D eigenvalue weighted by molar-refractivity contribution is 9.11. The molecule has 5 heteroatoms. The Labute approximate surface area is 107 Å². The lowest BCUT2D eigenvalue weighted by Gasteiger charge is -2.12. The third-order valence-electron chi connectivity index (χ3n) is 2.41. The third kappa shape index (κ3) is 2.55. The monoisotopic (exact) mass is 300 g/mol. The Balaban J connectivity index is 2.16. The van der Waals surface area contributed by atoms with Crippen LogP contribution in [-0.4, -0.2) is 0 Å². The van der Waals surface area contributed by atoms with Crippen LogP contribution in [0, 0.1) is 6.92 Å². The maximum Gasteiger partial charge on any atom is 0.105 e. The standard InChI is InChI=1S/C11H13BrN2OS/c1-7-5-10(16-11(7)12)9(14-13)6-8-3-2-4-15-8/h2-5,9,14H,6,13H2,1H3. The first-order valence-corrected chi connectivity index (χ1v) is 6.56. The average molecular weight is 301 g/mol. The van der Waals surface area contributed by atoms with Crippen LogP contribution in [-0.2, 0) is 6.42 Å². The molecule has 1 atom stereocenters. The molecule has 86 valence electrons. The summed E-state index contributed by atoms with van der Waals surface area (Å²) in [5, 5.41) is 0. The number of nitrogens with two attached hydrogens (primary N) is 1. The molecule has 0 saturated heterocycles. The van der Waals surface area contributed by atoms with Gasteiger partial charge in [0.2, 0.25) is 0 Å². The van der Waals surface area contributed by atoms with E-state index >= 15 is 0 Å². The van der Waals surface area contributed by atoms with Crippen molar-refractivity contribution in [3.05, 3.63) is 44.4 Å². The van der Waals surface area contributed by atoms with E-state index in [2.05, 4.69) is 34.3 Å². The molecule has 2 aromatic rings. The van der Waals surface area contributed by atoms with E-state index in [-0.39, 0.29) is 6.04 Å². The molecule has 0 bridgehead atoms. The summed E-state index contributed by atoms with van der Waals surface area (Å²) >= 11 is 5.22. The van der Waals surface area contributed by atoms with Gasteiger partial charge < -0.3 is 4.42 Å². The van der Waals surface area contributed by atoms with E-state index in [9.17, 15) is 0 Å². The smallest absolute Gasteiger partial charge is 0.105 e. The first-order chi connectivity index (χ1) is 7.70. The topological polar surface area (TPSA) is 51.2 Å². The third-order valence-corrected chi connectivity index (χ3v) is 4.66. The second-order valence-corrected chi connectivity index (χ2v) is 6.01. The fourth-order valence-corrected chi connectivity index (χ4v) is 3.16. The zero-order valence-corrected chi connectivity index (χ0v) is 11.3. The molecular formula is C11H13BrN2OS. The molecule has 2 heterocycles. The lowest BCUT2D eigenvalue weighted by Crippen LogP contribution is -2.28. The SMILES string of the molecule is Cc1cc(C(Cc2ccco2)NN)sc1Br. The van der Waals surface area contributed by atoms with Crippen LogP contribution in [0.4, 0.5) is 0 Å². The number of furan rings is 1. The van der Waals surface area contributed by atoms with Crippen LogP contribution in [0.15, 0.2) is 32.7 Å². The van der Waals surface area contributed by atoms with Crippen molar-refractivity contribution in [2.45, 2.75) is 19.4 Å². The first-order valence-electron chi connectivity index (χ1n) is 4.95. The Morgan fingerprint density at radius 3 is 2.94 bits per heavy atom. The van der Waals surface area contributed by atoms with Gasteiger partial charge in [0, 0.05) is 11.3 Å². The second-order valence-electron chi connectivity index (χ2n) is 3.61. The summed E-state index contributed by atoms with van der Waals surface area (Å²) in [5.74, 6) is 6.52. The number of hydrogen-bond donors (Lipinski definition) is 2. The summed E-state index contributed by atoms with van der Waals surface area (Å²) in [5.41, 5.74) is 4.06. The van der Waals surface area contributed by atoms with Crippen LogP contribution >= 0.6 is 27.3 Å². The van der Waals surface area contributed by atoms with Crippen LogP contribution < -0.4 is 11.3 Å². The molecule has 1 unspecified atom stereocenters. The largest absolute Gasteiger partial charge is 0.469 e. The fourth-order valence-electron chi connectivity index (χ4n) is 1.53. The normalized spacial score (nSPS) is 12.9. The van der Waals surface area contributed by atoms with E-state index in [1.807, 2.05) is 12.1 Å². The van der Waals surface area contributed by atoms with Crippen LogP contribution in [0.2, 0.25) is 0 Å². The Hall–Kier alpha value is -0.620. The molecule has 3 N–H and O–H groups in total. The van der Waals surface area contributed by atoms with Crippen LogP contribution in [0.3, 0.4) is 0 Å². The fraction of sp³-hybridized carbons (Fsp3) is 0.273. The summed E-state index contributed by atoms with van der Waals surface area (Å²) in [7, 11) is 0. The van der Waals surface area contributed by atoms with E-state index < -0.39 is 0 Å².